The van der Waals surface area contributed by atoms with Crippen molar-refractivity contribution >= 4 is 35.8 Å². The van der Waals surface area contributed by atoms with E-state index >= 15 is 0 Å². The predicted molar refractivity (Wildman–Crippen MR) is 113 cm³/mol. The average molecular weight is 503 g/mol. The van der Waals surface area contributed by atoms with Crippen LogP contribution in [0.25, 0.3) is 0 Å². The van der Waals surface area contributed by atoms with Crippen molar-refractivity contribution in [2.45, 2.75) is 26.4 Å². The predicted octanol–water partition coefficient (Wildman–Crippen LogP) is 3.36. The van der Waals surface area contributed by atoms with Crippen molar-refractivity contribution in [3.05, 3.63) is 23.9 Å². The number of aromatic nitrogens is 1. The molecule has 0 aromatic carbocycles. The van der Waals surface area contributed by atoms with Gasteiger partial charge in [-0.2, -0.15) is 13.2 Å². The summed E-state index contributed by atoms with van der Waals surface area (Å²) in [6, 6.07) is 2.27. The van der Waals surface area contributed by atoms with Gasteiger partial charge in [0.05, 0.1) is 12.2 Å². The SMILES string of the molecule is CN=C(NCCNc1ncccc1C(F)(F)F)NCCOCCC(C)C.I. The zero-order valence-corrected chi connectivity index (χ0v) is 18.2. The molecule has 0 aliphatic rings. The second kappa shape index (κ2) is 13.8. The van der Waals surface area contributed by atoms with Gasteiger partial charge in [0.25, 0.3) is 0 Å². The molecule has 3 N–H and O–H groups in total. The van der Waals surface area contributed by atoms with Gasteiger partial charge in [0, 0.05) is 39.5 Å². The van der Waals surface area contributed by atoms with Gasteiger partial charge in [-0.3, -0.25) is 4.99 Å². The molecule has 0 unspecified atom stereocenters. The van der Waals surface area contributed by atoms with Gasteiger partial charge in [-0.15, -0.1) is 24.0 Å². The van der Waals surface area contributed by atoms with Crippen molar-refractivity contribution in [2.24, 2.45) is 10.9 Å². The van der Waals surface area contributed by atoms with Crippen molar-refractivity contribution in [3.63, 3.8) is 0 Å². The van der Waals surface area contributed by atoms with Crippen molar-refractivity contribution in [1.29, 1.82) is 0 Å². The summed E-state index contributed by atoms with van der Waals surface area (Å²) in [5.41, 5.74) is -0.777. The fourth-order valence-electron chi connectivity index (χ4n) is 2.02. The molecule has 1 heterocycles. The van der Waals surface area contributed by atoms with E-state index in [1.54, 1.807) is 7.05 Å². The van der Waals surface area contributed by atoms with E-state index in [-0.39, 0.29) is 36.3 Å². The van der Waals surface area contributed by atoms with Gasteiger partial charge < -0.3 is 20.7 Å². The van der Waals surface area contributed by atoms with Crippen LogP contribution < -0.4 is 16.0 Å². The summed E-state index contributed by atoms with van der Waals surface area (Å²) in [7, 11) is 1.63. The summed E-state index contributed by atoms with van der Waals surface area (Å²) < 4.78 is 44.1. The van der Waals surface area contributed by atoms with E-state index in [0.29, 0.717) is 31.6 Å². The third kappa shape index (κ3) is 11.2. The molecule has 0 fully saturated rings. The van der Waals surface area contributed by atoms with Crippen LogP contribution in [0.2, 0.25) is 0 Å². The minimum Gasteiger partial charge on any atom is -0.380 e. The first kappa shape index (κ1) is 25.7. The van der Waals surface area contributed by atoms with E-state index in [1.807, 2.05) is 0 Å². The number of rotatable bonds is 10. The summed E-state index contributed by atoms with van der Waals surface area (Å²) >= 11 is 0. The molecule has 0 aliphatic carbocycles. The second-order valence-electron chi connectivity index (χ2n) is 6.04. The number of guanidine groups is 1. The number of nitrogens with one attached hydrogen (secondary N) is 3. The summed E-state index contributed by atoms with van der Waals surface area (Å²) in [4.78, 5) is 7.80. The normalized spacial score (nSPS) is 11.9. The summed E-state index contributed by atoms with van der Waals surface area (Å²) in [5.74, 6) is 1.00. The van der Waals surface area contributed by atoms with Crippen LogP contribution in [0.1, 0.15) is 25.8 Å². The van der Waals surface area contributed by atoms with Crippen LogP contribution >= 0.6 is 24.0 Å². The van der Waals surface area contributed by atoms with Crippen LogP contribution in [0, 0.1) is 5.92 Å². The average Bonchev–Trinajstić information content (AvgIpc) is 2.59. The molecular formula is C17H29F3IN5O. The minimum absolute atomic E-state index is 0. The van der Waals surface area contributed by atoms with Crippen molar-refractivity contribution in [2.75, 3.05) is 45.2 Å². The molecule has 0 spiro atoms. The molecule has 1 aromatic rings. The van der Waals surface area contributed by atoms with E-state index in [4.69, 9.17) is 4.74 Å². The standard InChI is InChI=1S/C17H28F3N5O.HI/c1-13(2)6-11-26-12-10-25-16(21-3)24-9-8-23-15-14(17(18,19)20)5-4-7-22-15;/h4-5,7,13H,6,8-12H2,1-3H3,(H,22,23)(H2,21,24,25);1H. The highest BCUT2D eigenvalue weighted by Crippen LogP contribution is 2.33. The Labute approximate surface area is 175 Å². The monoisotopic (exact) mass is 503 g/mol. The zero-order chi connectivity index (χ0) is 19.4. The molecule has 27 heavy (non-hydrogen) atoms. The summed E-state index contributed by atoms with van der Waals surface area (Å²) in [6.45, 7) is 6.83. The number of pyridine rings is 1. The maximum atomic E-state index is 12.9. The van der Waals surface area contributed by atoms with Crippen LogP contribution in [0.5, 0.6) is 0 Å². The van der Waals surface area contributed by atoms with Gasteiger partial charge in [-0.1, -0.05) is 13.8 Å². The number of hydrogen-bond acceptors (Lipinski definition) is 4. The lowest BCUT2D eigenvalue weighted by atomic mass is 10.1. The Morgan fingerprint density at radius 1 is 1.19 bits per heavy atom. The molecule has 156 valence electrons. The molecule has 0 bridgehead atoms. The second-order valence-corrected chi connectivity index (χ2v) is 6.04. The van der Waals surface area contributed by atoms with Gasteiger partial charge >= 0.3 is 6.18 Å². The molecule has 0 saturated heterocycles. The third-order valence-corrected chi connectivity index (χ3v) is 3.42. The van der Waals surface area contributed by atoms with Crippen LogP contribution in [-0.4, -0.2) is 50.8 Å². The van der Waals surface area contributed by atoms with Crippen LogP contribution in [0.15, 0.2) is 23.3 Å². The Morgan fingerprint density at radius 3 is 2.52 bits per heavy atom. The molecule has 0 atom stereocenters. The van der Waals surface area contributed by atoms with E-state index in [2.05, 4.69) is 39.8 Å². The number of anilines is 1. The Bertz CT molecular complexity index is 556. The number of ether oxygens (including phenoxy) is 1. The van der Waals surface area contributed by atoms with Crippen molar-refractivity contribution < 1.29 is 17.9 Å². The molecule has 1 aromatic heterocycles. The highest BCUT2D eigenvalue weighted by Gasteiger charge is 2.33. The van der Waals surface area contributed by atoms with E-state index in [0.717, 1.165) is 19.1 Å². The van der Waals surface area contributed by atoms with Gasteiger partial charge in [0.15, 0.2) is 5.96 Å². The maximum absolute atomic E-state index is 12.9. The van der Waals surface area contributed by atoms with Gasteiger partial charge in [0.2, 0.25) is 0 Å². The Balaban J connectivity index is 0.00000676. The highest BCUT2D eigenvalue weighted by molar-refractivity contribution is 14.0. The summed E-state index contributed by atoms with van der Waals surface area (Å²) in [5, 5.41) is 8.79. The lowest BCUT2D eigenvalue weighted by molar-refractivity contribution is -0.137. The Morgan fingerprint density at radius 2 is 1.89 bits per heavy atom. The Kier molecular flexibility index (Phi) is 13.1. The first-order valence-electron chi connectivity index (χ1n) is 8.63. The number of nitrogens with zero attached hydrogens (tertiary/aromatic N) is 2. The number of halogens is 4. The summed E-state index contributed by atoms with van der Waals surface area (Å²) in [6.07, 6.45) is -2.09. The lowest BCUT2D eigenvalue weighted by Crippen LogP contribution is -2.41. The number of hydrogen-bond donors (Lipinski definition) is 3. The molecule has 0 amide bonds. The smallest absolute Gasteiger partial charge is 0.380 e. The van der Waals surface area contributed by atoms with Gasteiger partial charge in [-0.25, -0.2) is 4.98 Å². The molecule has 0 aliphatic heterocycles. The molecule has 0 radical (unpaired) electrons. The van der Waals surface area contributed by atoms with Crippen molar-refractivity contribution in [3.8, 4) is 0 Å². The third-order valence-electron chi connectivity index (χ3n) is 3.42. The van der Waals surface area contributed by atoms with Crippen LogP contribution in [0.3, 0.4) is 0 Å². The maximum Gasteiger partial charge on any atom is 0.419 e. The Hall–Kier alpha value is -1.30. The molecule has 10 heteroatoms. The van der Waals surface area contributed by atoms with Gasteiger partial charge in [-0.05, 0) is 24.5 Å². The van der Waals surface area contributed by atoms with Crippen molar-refractivity contribution in [1.82, 2.24) is 15.6 Å². The topological polar surface area (TPSA) is 70.6 Å². The largest absolute Gasteiger partial charge is 0.419 e. The zero-order valence-electron chi connectivity index (χ0n) is 15.9. The van der Waals surface area contributed by atoms with E-state index < -0.39 is 11.7 Å². The first-order valence-corrected chi connectivity index (χ1v) is 8.63. The first-order chi connectivity index (χ1) is 12.3. The quantitative estimate of drug-likeness (QED) is 0.198. The van der Waals surface area contributed by atoms with Crippen LogP contribution in [0.4, 0.5) is 19.0 Å². The van der Waals surface area contributed by atoms with Crippen LogP contribution in [-0.2, 0) is 10.9 Å². The fourth-order valence-corrected chi connectivity index (χ4v) is 2.02. The number of aliphatic imine (C=N–C) groups is 1. The molecule has 0 saturated carbocycles. The minimum atomic E-state index is -4.43. The molecular weight excluding hydrogens is 474 g/mol. The highest BCUT2D eigenvalue weighted by atomic mass is 127. The lowest BCUT2D eigenvalue weighted by Gasteiger charge is -2.15. The molecule has 1 rings (SSSR count). The van der Waals surface area contributed by atoms with E-state index in [9.17, 15) is 13.2 Å². The van der Waals surface area contributed by atoms with E-state index in [1.165, 1.54) is 12.3 Å². The fraction of sp³-hybridized carbons (Fsp3) is 0.647. The number of alkyl halides is 3. The molecule has 6 nitrogen and oxygen atoms in total. The van der Waals surface area contributed by atoms with Gasteiger partial charge in [0.1, 0.15) is 5.82 Å².